The molecule has 0 fully saturated rings. The molecule has 2 aromatic heterocycles. The van der Waals surface area contributed by atoms with Crippen LogP contribution in [-0.2, 0) is 6.54 Å². The predicted octanol–water partition coefficient (Wildman–Crippen LogP) is 2.26. The Hall–Kier alpha value is -2.07. The third-order valence-electron chi connectivity index (χ3n) is 3.29. The fourth-order valence-electron chi connectivity index (χ4n) is 2.36. The Morgan fingerprint density at radius 1 is 1.33 bits per heavy atom. The summed E-state index contributed by atoms with van der Waals surface area (Å²) in [6.07, 6.45) is 1.83. The highest BCUT2D eigenvalue weighted by Gasteiger charge is 2.09. The summed E-state index contributed by atoms with van der Waals surface area (Å²) in [7, 11) is 1.67. The van der Waals surface area contributed by atoms with E-state index in [0.717, 1.165) is 22.6 Å². The van der Waals surface area contributed by atoms with Gasteiger partial charge in [0.15, 0.2) is 0 Å². The molecule has 4 heteroatoms. The molecule has 0 aliphatic rings. The highest BCUT2D eigenvalue weighted by Crippen LogP contribution is 2.26. The minimum Gasteiger partial charge on any atom is -0.497 e. The Morgan fingerprint density at radius 3 is 2.89 bits per heavy atom. The Kier molecular flexibility index (Phi) is 2.45. The van der Waals surface area contributed by atoms with Crippen molar-refractivity contribution in [3.63, 3.8) is 0 Å². The Labute approximate surface area is 105 Å². The van der Waals surface area contributed by atoms with Crippen molar-refractivity contribution in [2.24, 2.45) is 5.73 Å². The van der Waals surface area contributed by atoms with Crippen LogP contribution in [0, 0.1) is 6.92 Å². The standard InChI is InChI=1S/C14H15N3O/c1-9-5-14-16-8-10(7-15)17(14)13-6-11(18-2)3-4-12(9)13/h3-6,8H,7,15H2,1-2H3. The van der Waals surface area contributed by atoms with Crippen LogP contribution in [0.4, 0.5) is 0 Å². The number of nitrogens with two attached hydrogens (primary N) is 1. The topological polar surface area (TPSA) is 52.5 Å². The van der Waals surface area contributed by atoms with E-state index in [4.69, 9.17) is 10.5 Å². The van der Waals surface area contributed by atoms with E-state index in [-0.39, 0.29) is 0 Å². The lowest BCUT2D eigenvalue weighted by Crippen LogP contribution is -2.02. The number of benzene rings is 1. The fraction of sp³-hybridized carbons (Fsp3) is 0.214. The Bertz CT molecular complexity index is 731. The summed E-state index contributed by atoms with van der Waals surface area (Å²) in [5.74, 6) is 0.839. The average molecular weight is 241 g/mol. The molecule has 0 bridgehead atoms. The normalized spacial score (nSPS) is 11.3. The van der Waals surface area contributed by atoms with Crippen LogP contribution in [0.5, 0.6) is 5.75 Å². The number of fused-ring (bicyclic) bond motifs is 3. The second-order valence-corrected chi connectivity index (χ2v) is 4.36. The van der Waals surface area contributed by atoms with Gasteiger partial charge in [-0.2, -0.15) is 0 Å². The zero-order chi connectivity index (χ0) is 12.7. The van der Waals surface area contributed by atoms with E-state index in [0.29, 0.717) is 6.54 Å². The van der Waals surface area contributed by atoms with Crippen LogP contribution in [0.15, 0.2) is 30.5 Å². The summed E-state index contributed by atoms with van der Waals surface area (Å²) < 4.78 is 7.38. The van der Waals surface area contributed by atoms with Gasteiger partial charge >= 0.3 is 0 Å². The SMILES string of the molecule is COc1ccc2c(C)cc3ncc(CN)n3c2c1. The molecular weight excluding hydrogens is 226 g/mol. The van der Waals surface area contributed by atoms with Crippen molar-refractivity contribution in [1.29, 1.82) is 0 Å². The summed E-state index contributed by atoms with van der Waals surface area (Å²) in [5, 5.41) is 1.19. The van der Waals surface area contributed by atoms with Crippen molar-refractivity contribution in [2.45, 2.75) is 13.5 Å². The molecule has 0 radical (unpaired) electrons. The van der Waals surface area contributed by atoms with Crippen LogP contribution in [0.1, 0.15) is 11.3 Å². The molecule has 0 aliphatic heterocycles. The molecule has 0 atom stereocenters. The fourth-order valence-corrected chi connectivity index (χ4v) is 2.36. The summed E-state index contributed by atoms with van der Waals surface area (Å²) >= 11 is 0. The smallest absolute Gasteiger partial charge is 0.137 e. The van der Waals surface area contributed by atoms with Gasteiger partial charge in [0.25, 0.3) is 0 Å². The summed E-state index contributed by atoms with van der Waals surface area (Å²) in [4.78, 5) is 4.40. The molecule has 3 rings (SSSR count). The number of pyridine rings is 1. The third kappa shape index (κ3) is 1.46. The van der Waals surface area contributed by atoms with Gasteiger partial charge in [-0.25, -0.2) is 4.98 Å². The Balaban J connectivity index is 2.51. The monoisotopic (exact) mass is 241 g/mol. The van der Waals surface area contributed by atoms with Crippen molar-refractivity contribution in [3.8, 4) is 5.75 Å². The number of hydrogen-bond donors (Lipinski definition) is 1. The largest absolute Gasteiger partial charge is 0.497 e. The summed E-state index contributed by atoms with van der Waals surface area (Å²) in [6.45, 7) is 2.56. The van der Waals surface area contributed by atoms with Gasteiger partial charge in [-0.05, 0) is 30.7 Å². The van der Waals surface area contributed by atoms with E-state index in [1.54, 1.807) is 7.11 Å². The summed E-state index contributed by atoms with van der Waals surface area (Å²) in [5.41, 5.74) is 9.98. The van der Waals surface area contributed by atoms with Gasteiger partial charge < -0.3 is 10.5 Å². The molecule has 0 saturated heterocycles. The van der Waals surface area contributed by atoms with Crippen molar-refractivity contribution in [1.82, 2.24) is 9.38 Å². The first-order chi connectivity index (χ1) is 8.74. The second-order valence-electron chi connectivity index (χ2n) is 4.36. The van der Waals surface area contributed by atoms with E-state index in [9.17, 15) is 0 Å². The molecule has 0 unspecified atom stereocenters. The van der Waals surface area contributed by atoms with E-state index in [1.807, 2.05) is 18.3 Å². The third-order valence-corrected chi connectivity index (χ3v) is 3.29. The molecular formula is C14H15N3O. The van der Waals surface area contributed by atoms with Gasteiger partial charge in [-0.1, -0.05) is 0 Å². The van der Waals surface area contributed by atoms with E-state index in [2.05, 4.69) is 28.4 Å². The van der Waals surface area contributed by atoms with Crippen molar-refractivity contribution >= 4 is 16.6 Å². The van der Waals surface area contributed by atoms with E-state index in [1.165, 1.54) is 10.9 Å². The maximum absolute atomic E-state index is 5.77. The molecule has 4 nitrogen and oxygen atoms in total. The molecule has 3 aromatic rings. The predicted molar refractivity (Wildman–Crippen MR) is 71.9 cm³/mol. The quantitative estimate of drug-likeness (QED) is 0.748. The lowest BCUT2D eigenvalue weighted by Gasteiger charge is -2.09. The van der Waals surface area contributed by atoms with Gasteiger partial charge in [0.2, 0.25) is 0 Å². The number of nitrogens with zero attached hydrogens (tertiary/aromatic N) is 2. The van der Waals surface area contributed by atoms with Gasteiger partial charge in [-0.3, -0.25) is 4.40 Å². The van der Waals surface area contributed by atoms with Crippen molar-refractivity contribution in [2.75, 3.05) is 7.11 Å². The number of aryl methyl sites for hydroxylation is 1. The summed E-state index contributed by atoms with van der Waals surface area (Å²) in [6, 6.07) is 8.15. The molecule has 0 saturated carbocycles. The number of hydrogen-bond acceptors (Lipinski definition) is 3. The minimum absolute atomic E-state index is 0.469. The van der Waals surface area contributed by atoms with Gasteiger partial charge in [0.05, 0.1) is 24.5 Å². The van der Waals surface area contributed by atoms with E-state index >= 15 is 0 Å². The highest BCUT2D eigenvalue weighted by molar-refractivity contribution is 5.86. The van der Waals surface area contributed by atoms with Crippen LogP contribution < -0.4 is 10.5 Å². The average Bonchev–Trinajstić information content (AvgIpc) is 2.81. The lowest BCUT2D eigenvalue weighted by atomic mass is 10.1. The second kappa shape index (κ2) is 3.99. The molecule has 0 spiro atoms. The van der Waals surface area contributed by atoms with Crippen molar-refractivity contribution < 1.29 is 4.74 Å². The molecule has 0 amide bonds. The number of methoxy groups -OCH3 is 1. The van der Waals surface area contributed by atoms with Crippen LogP contribution >= 0.6 is 0 Å². The Morgan fingerprint density at radius 2 is 2.17 bits per heavy atom. The number of rotatable bonds is 2. The van der Waals surface area contributed by atoms with Crippen LogP contribution in [0.2, 0.25) is 0 Å². The minimum atomic E-state index is 0.469. The molecule has 92 valence electrons. The lowest BCUT2D eigenvalue weighted by molar-refractivity contribution is 0.415. The van der Waals surface area contributed by atoms with Crippen LogP contribution in [0.25, 0.3) is 16.6 Å². The number of aromatic nitrogens is 2. The maximum atomic E-state index is 5.77. The maximum Gasteiger partial charge on any atom is 0.137 e. The highest BCUT2D eigenvalue weighted by atomic mass is 16.5. The van der Waals surface area contributed by atoms with Crippen LogP contribution in [0.3, 0.4) is 0 Å². The van der Waals surface area contributed by atoms with E-state index < -0.39 is 0 Å². The van der Waals surface area contributed by atoms with Gasteiger partial charge in [-0.15, -0.1) is 0 Å². The zero-order valence-electron chi connectivity index (χ0n) is 10.5. The van der Waals surface area contributed by atoms with Crippen molar-refractivity contribution in [3.05, 3.63) is 41.7 Å². The van der Waals surface area contributed by atoms with Crippen LogP contribution in [-0.4, -0.2) is 16.5 Å². The van der Waals surface area contributed by atoms with Gasteiger partial charge in [0.1, 0.15) is 11.4 Å². The number of ether oxygens (including phenoxy) is 1. The first-order valence-electron chi connectivity index (χ1n) is 5.88. The molecule has 0 aliphatic carbocycles. The first-order valence-corrected chi connectivity index (χ1v) is 5.88. The first kappa shape index (κ1) is 11.0. The molecule has 2 N–H and O–H groups in total. The van der Waals surface area contributed by atoms with Gasteiger partial charge in [0, 0.05) is 18.0 Å². The molecule has 2 heterocycles. The molecule has 18 heavy (non-hydrogen) atoms. The number of imidazole rings is 1. The zero-order valence-corrected chi connectivity index (χ0v) is 10.5. The molecule has 1 aromatic carbocycles.